The lowest BCUT2D eigenvalue weighted by Gasteiger charge is -2.31. The number of H-pyrrole nitrogens is 2. The molecule has 2 N–H and O–H groups in total. The highest BCUT2D eigenvalue weighted by molar-refractivity contribution is 6.30. The quantitative estimate of drug-likeness (QED) is 0.661. The molecule has 1 atom stereocenters. The normalized spacial score (nSPS) is 16.9. The van der Waals surface area contributed by atoms with Crippen LogP contribution in [0.2, 0.25) is 5.02 Å². The first kappa shape index (κ1) is 18.5. The largest absolute Gasteiger partial charge is 0.493 e. The number of nitrogens with one attached hydrogen (secondary N) is 2. The zero-order valence-corrected chi connectivity index (χ0v) is 15.9. The molecule has 9 heteroatoms. The minimum absolute atomic E-state index is 0.0866. The Hall–Kier alpha value is -2.84. The number of aromatic amines is 2. The lowest BCUT2D eigenvalue weighted by molar-refractivity contribution is -0.0249. The maximum absolute atomic E-state index is 12.5. The van der Waals surface area contributed by atoms with Crippen LogP contribution in [0.15, 0.2) is 42.6 Å². The van der Waals surface area contributed by atoms with Crippen molar-refractivity contribution in [1.29, 1.82) is 0 Å². The van der Waals surface area contributed by atoms with Crippen LogP contribution in [0.3, 0.4) is 0 Å². The maximum Gasteiger partial charge on any atom is 0.272 e. The van der Waals surface area contributed by atoms with Crippen molar-refractivity contribution < 1.29 is 14.3 Å². The van der Waals surface area contributed by atoms with Crippen molar-refractivity contribution >= 4 is 17.5 Å². The highest BCUT2D eigenvalue weighted by Crippen LogP contribution is 2.22. The smallest absolute Gasteiger partial charge is 0.272 e. The Labute approximate surface area is 166 Å². The van der Waals surface area contributed by atoms with Crippen molar-refractivity contribution in [2.75, 3.05) is 26.3 Å². The van der Waals surface area contributed by atoms with E-state index in [2.05, 4.69) is 20.4 Å². The van der Waals surface area contributed by atoms with Crippen molar-refractivity contribution in [3.8, 4) is 5.75 Å². The Kier molecular flexibility index (Phi) is 5.59. The van der Waals surface area contributed by atoms with E-state index >= 15 is 0 Å². The molecule has 0 bridgehead atoms. The van der Waals surface area contributed by atoms with Crippen LogP contribution in [0.1, 0.15) is 28.0 Å². The van der Waals surface area contributed by atoms with Crippen LogP contribution in [0.25, 0.3) is 0 Å². The summed E-state index contributed by atoms with van der Waals surface area (Å²) < 4.78 is 11.5. The molecule has 2 aromatic heterocycles. The number of amides is 1. The number of carbonyl (C=O) groups is 1. The van der Waals surface area contributed by atoms with Gasteiger partial charge in [0.1, 0.15) is 17.5 Å². The molecular weight excluding hydrogens is 382 g/mol. The molecule has 0 aliphatic carbocycles. The summed E-state index contributed by atoms with van der Waals surface area (Å²) in [6.45, 7) is 1.95. The molecule has 0 radical (unpaired) electrons. The van der Waals surface area contributed by atoms with Crippen LogP contribution in [-0.2, 0) is 11.2 Å². The van der Waals surface area contributed by atoms with Gasteiger partial charge in [-0.1, -0.05) is 17.7 Å². The van der Waals surface area contributed by atoms with Crippen molar-refractivity contribution in [3.63, 3.8) is 0 Å². The molecule has 3 aromatic rings. The Bertz CT molecular complexity index is 927. The van der Waals surface area contributed by atoms with Crippen molar-refractivity contribution in [2.24, 2.45) is 0 Å². The molecule has 8 nitrogen and oxygen atoms in total. The van der Waals surface area contributed by atoms with Gasteiger partial charge in [0, 0.05) is 29.9 Å². The second kappa shape index (κ2) is 8.45. The van der Waals surface area contributed by atoms with E-state index in [0.717, 1.165) is 17.1 Å². The lowest BCUT2D eigenvalue weighted by Crippen LogP contribution is -2.42. The standard InChI is InChI=1S/C19H20ClN5O3/c20-13-2-1-3-15(10-13)27-8-5-14-11-17(24-22-14)18-12-25(7-9-28-18)19(26)16-4-6-21-23-16/h1-4,6,10-11,18H,5,7-9,12H2,(H,21,23)(H,22,24). The monoisotopic (exact) mass is 401 g/mol. The van der Waals surface area contributed by atoms with Gasteiger partial charge in [-0.05, 0) is 30.3 Å². The highest BCUT2D eigenvalue weighted by Gasteiger charge is 2.28. The van der Waals surface area contributed by atoms with E-state index in [0.29, 0.717) is 43.4 Å². The van der Waals surface area contributed by atoms with Crippen LogP contribution in [0.5, 0.6) is 5.75 Å². The third-order valence-corrected chi connectivity index (χ3v) is 4.74. The Morgan fingerprint density at radius 3 is 3.07 bits per heavy atom. The molecule has 1 aliphatic rings. The zero-order chi connectivity index (χ0) is 19.3. The van der Waals surface area contributed by atoms with Gasteiger partial charge in [-0.3, -0.25) is 15.0 Å². The number of benzene rings is 1. The van der Waals surface area contributed by atoms with Crippen LogP contribution < -0.4 is 4.74 Å². The predicted molar refractivity (Wildman–Crippen MR) is 102 cm³/mol. The minimum atomic E-state index is -0.264. The van der Waals surface area contributed by atoms with Gasteiger partial charge in [-0.15, -0.1) is 0 Å². The van der Waals surface area contributed by atoms with Gasteiger partial charge >= 0.3 is 0 Å². The number of morpholine rings is 1. The van der Waals surface area contributed by atoms with Crippen molar-refractivity contribution in [3.05, 3.63) is 64.7 Å². The Balaban J connectivity index is 1.32. The van der Waals surface area contributed by atoms with E-state index in [4.69, 9.17) is 21.1 Å². The van der Waals surface area contributed by atoms with E-state index in [1.807, 2.05) is 18.2 Å². The molecule has 1 unspecified atom stereocenters. The molecular formula is C19H20ClN5O3. The van der Waals surface area contributed by atoms with Crippen molar-refractivity contribution in [1.82, 2.24) is 25.3 Å². The summed E-state index contributed by atoms with van der Waals surface area (Å²) in [7, 11) is 0. The second-order valence-corrected chi connectivity index (χ2v) is 6.89. The predicted octanol–water partition coefficient (Wildman–Crippen LogP) is 2.62. The SMILES string of the molecule is O=C(c1ccn[nH]1)N1CCOC(c2cc(CCOc3cccc(Cl)c3)[nH]n2)C1. The van der Waals surface area contributed by atoms with Gasteiger partial charge in [0.25, 0.3) is 5.91 Å². The zero-order valence-electron chi connectivity index (χ0n) is 15.1. The molecule has 1 saturated heterocycles. The number of nitrogens with zero attached hydrogens (tertiary/aromatic N) is 3. The van der Waals surface area contributed by atoms with E-state index in [1.165, 1.54) is 0 Å². The molecule has 1 fully saturated rings. The maximum atomic E-state index is 12.5. The van der Waals surface area contributed by atoms with Crippen molar-refractivity contribution in [2.45, 2.75) is 12.5 Å². The molecule has 146 valence electrons. The number of hydrogen-bond acceptors (Lipinski definition) is 5. The second-order valence-electron chi connectivity index (χ2n) is 6.45. The summed E-state index contributed by atoms with van der Waals surface area (Å²) in [5.74, 6) is 0.646. The topological polar surface area (TPSA) is 96.1 Å². The van der Waals surface area contributed by atoms with E-state index in [9.17, 15) is 4.79 Å². The molecule has 4 rings (SSSR count). The number of carbonyl (C=O) groups excluding carboxylic acids is 1. The van der Waals surface area contributed by atoms with E-state index in [-0.39, 0.29) is 12.0 Å². The van der Waals surface area contributed by atoms with Gasteiger partial charge in [-0.2, -0.15) is 10.2 Å². The van der Waals surface area contributed by atoms with Gasteiger partial charge < -0.3 is 14.4 Å². The number of rotatable bonds is 6. The number of halogens is 1. The highest BCUT2D eigenvalue weighted by atomic mass is 35.5. The first-order valence-electron chi connectivity index (χ1n) is 9.02. The third kappa shape index (κ3) is 4.35. The summed E-state index contributed by atoms with van der Waals surface area (Å²) >= 11 is 5.95. The van der Waals surface area contributed by atoms with Gasteiger partial charge in [0.2, 0.25) is 0 Å². The lowest BCUT2D eigenvalue weighted by atomic mass is 10.1. The summed E-state index contributed by atoms with van der Waals surface area (Å²) in [5.41, 5.74) is 2.19. The van der Waals surface area contributed by atoms with E-state index in [1.54, 1.807) is 29.3 Å². The molecule has 28 heavy (non-hydrogen) atoms. The number of hydrogen-bond donors (Lipinski definition) is 2. The molecule has 1 aromatic carbocycles. The average Bonchev–Trinajstić information content (AvgIpc) is 3.40. The molecule has 1 aliphatic heterocycles. The van der Waals surface area contributed by atoms with Crippen LogP contribution in [0.4, 0.5) is 0 Å². The van der Waals surface area contributed by atoms with Gasteiger partial charge in [0.05, 0.1) is 25.5 Å². The van der Waals surface area contributed by atoms with Gasteiger partial charge in [0.15, 0.2) is 0 Å². The van der Waals surface area contributed by atoms with Gasteiger partial charge in [-0.25, -0.2) is 0 Å². The Morgan fingerprint density at radius 1 is 1.32 bits per heavy atom. The van der Waals surface area contributed by atoms with Crippen LogP contribution in [0, 0.1) is 0 Å². The first-order valence-corrected chi connectivity index (χ1v) is 9.39. The van der Waals surface area contributed by atoms with Crippen LogP contribution >= 0.6 is 11.6 Å². The molecule has 0 spiro atoms. The molecule has 3 heterocycles. The first-order chi connectivity index (χ1) is 13.7. The summed E-state index contributed by atoms with van der Waals surface area (Å²) in [6, 6.07) is 10.9. The fourth-order valence-corrected chi connectivity index (χ4v) is 3.25. The summed E-state index contributed by atoms with van der Waals surface area (Å²) in [5, 5.41) is 14.6. The number of aromatic nitrogens is 4. The molecule has 0 saturated carbocycles. The third-order valence-electron chi connectivity index (χ3n) is 4.50. The van der Waals surface area contributed by atoms with Crippen LogP contribution in [-0.4, -0.2) is 57.5 Å². The number of ether oxygens (including phenoxy) is 2. The summed E-state index contributed by atoms with van der Waals surface area (Å²) in [4.78, 5) is 14.2. The fourth-order valence-electron chi connectivity index (χ4n) is 3.07. The summed E-state index contributed by atoms with van der Waals surface area (Å²) in [6.07, 6.45) is 1.97. The average molecular weight is 402 g/mol. The fraction of sp³-hybridized carbons (Fsp3) is 0.316. The Morgan fingerprint density at radius 2 is 2.25 bits per heavy atom. The minimum Gasteiger partial charge on any atom is -0.493 e. The molecule has 1 amide bonds. The van der Waals surface area contributed by atoms with E-state index < -0.39 is 0 Å².